The van der Waals surface area contributed by atoms with E-state index in [0.717, 1.165) is 4.96 Å². The Kier molecular flexibility index (Phi) is 4.36. The minimum atomic E-state index is -4.94. The Morgan fingerprint density at radius 3 is 2.18 bits per heavy atom. The molecule has 0 fully saturated rings. The van der Waals surface area contributed by atoms with Crippen LogP contribution in [0.15, 0.2) is 12.3 Å². The summed E-state index contributed by atoms with van der Waals surface area (Å²) >= 11 is 1.74. The molecule has 0 atom stereocenters. The van der Waals surface area contributed by atoms with Gasteiger partial charge in [0.25, 0.3) is 0 Å². The molecule has 6 nitrogen and oxygen atoms in total. The van der Waals surface area contributed by atoms with Gasteiger partial charge < -0.3 is 0 Å². The molecule has 0 saturated carbocycles. The molecule has 2 aromatic heterocycles. The molecule has 8 heteroatoms. The van der Waals surface area contributed by atoms with Crippen molar-refractivity contribution in [3.63, 3.8) is 0 Å². The van der Waals surface area contributed by atoms with E-state index < -0.39 is 10.2 Å². The Bertz CT molecular complexity index is 517. The maximum absolute atomic E-state index is 8.49. The van der Waals surface area contributed by atoms with Crippen molar-refractivity contribution in [3.05, 3.63) is 28.5 Å². The molecular formula is C9H11ClN2O4S. The number of halogens is 1. The second-order valence-electron chi connectivity index (χ2n) is 3.33. The van der Waals surface area contributed by atoms with Gasteiger partial charge in [-0.05, 0) is 37.1 Å². The fourth-order valence-corrected chi connectivity index (χ4v) is 2.34. The van der Waals surface area contributed by atoms with Gasteiger partial charge in [0.15, 0.2) is 0 Å². The van der Waals surface area contributed by atoms with Crippen LogP contribution in [0, 0.1) is 31.0 Å². The zero-order valence-electron chi connectivity index (χ0n) is 9.47. The Balaban J connectivity index is 0.000000249. The highest BCUT2D eigenvalue weighted by atomic mass is 35.7. The molecule has 0 aliphatic carbocycles. The predicted octanol–water partition coefficient (Wildman–Crippen LogP) is -2.95. The van der Waals surface area contributed by atoms with Gasteiger partial charge in [-0.25, -0.2) is 18.6 Å². The summed E-state index contributed by atoms with van der Waals surface area (Å²) in [7, 11) is -4.94. The first-order valence-electron chi connectivity index (χ1n) is 4.55. The summed E-state index contributed by atoms with van der Waals surface area (Å²) in [4.78, 5) is 6.74. The van der Waals surface area contributed by atoms with Gasteiger partial charge in [-0.15, -0.1) is 10.2 Å². The van der Waals surface area contributed by atoms with Crippen molar-refractivity contribution in [2.45, 2.75) is 20.8 Å². The molecular weight excluding hydrogens is 268 g/mol. The summed E-state index contributed by atoms with van der Waals surface area (Å²) in [5.41, 5.74) is 2.56. The van der Waals surface area contributed by atoms with Gasteiger partial charge in [-0.1, -0.05) is 0 Å². The number of hydrogen-bond donors (Lipinski definition) is 0. The molecule has 0 aromatic carbocycles. The maximum Gasteiger partial charge on any atom is 0.387 e. The number of thiazole rings is 1. The Labute approximate surface area is 104 Å². The second kappa shape index (κ2) is 5.21. The first-order valence-corrected chi connectivity index (χ1v) is 6.60. The van der Waals surface area contributed by atoms with E-state index in [4.69, 9.17) is 18.6 Å². The summed E-state index contributed by atoms with van der Waals surface area (Å²) in [6.45, 7) is 6.37. The molecule has 0 saturated heterocycles. The minimum Gasteiger partial charge on any atom is -0.222 e. The molecule has 0 unspecified atom stereocenters. The first kappa shape index (κ1) is 14.2. The lowest BCUT2D eigenvalue weighted by molar-refractivity contribution is -2.00. The second-order valence-corrected chi connectivity index (χ2v) is 5.26. The van der Waals surface area contributed by atoms with Crippen LogP contribution in [0.2, 0.25) is 0 Å². The zero-order chi connectivity index (χ0) is 13.2. The van der Waals surface area contributed by atoms with E-state index in [1.807, 2.05) is 12.3 Å². The fraction of sp³-hybridized carbons (Fsp3) is 0.333. The fourth-order valence-electron chi connectivity index (χ4n) is 1.34. The summed E-state index contributed by atoms with van der Waals surface area (Å²) in [6.07, 6.45) is 1.86. The third-order valence-electron chi connectivity index (χ3n) is 2.13. The standard InChI is InChI=1S/C9H11N2S.ClHO4/c1-6-4-5-10-9-11(6)7(2)8(3)12-9;2-1(3,4)5/h4-5H,1-3H3;(H,2,3,4,5)/q+1;/p-1. The number of rotatable bonds is 0. The number of aryl methyl sites for hydroxylation is 3. The van der Waals surface area contributed by atoms with Crippen molar-refractivity contribution < 1.29 is 33.3 Å². The molecule has 17 heavy (non-hydrogen) atoms. The molecule has 0 radical (unpaired) electrons. The molecule has 2 aromatic rings. The van der Waals surface area contributed by atoms with Gasteiger partial charge in [0.2, 0.25) is 0 Å². The summed E-state index contributed by atoms with van der Waals surface area (Å²) in [5.74, 6) is 0. The monoisotopic (exact) mass is 278 g/mol. The van der Waals surface area contributed by atoms with Crippen molar-refractivity contribution >= 4 is 16.3 Å². The van der Waals surface area contributed by atoms with Crippen molar-refractivity contribution in [1.82, 2.24) is 4.98 Å². The highest BCUT2D eigenvalue weighted by Crippen LogP contribution is 2.14. The van der Waals surface area contributed by atoms with Crippen LogP contribution in [-0.4, -0.2) is 4.98 Å². The summed E-state index contributed by atoms with van der Waals surface area (Å²) in [6, 6.07) is 2.03. The van der Waals surface area contributed by atoms with Gasteiger partial charge in [-0.3, -0.25) is 0 Å². The van der Waals surface area contributed by atoms with Crippen molar-refractivity contribution in [3.8, 4) is 0 Å². The van der Waals surface area contributed by atoms with E-state index in [9.17, 15) is 0 Å². The smallest absolute Gasteiger partial charge is 0.222 e. The molecule has 2 heterocycles. The van der Waals surface area contributed by atoms with Gasteiger partial charge >= 0.3 is 4.96 Å². The average Bonchev–Trinajstić information content (AvgIpc) is 2.41. The lowest BCUT2D eigenvalue weighted by Gasteiger charge is -2.17. The van der Waals surface area contributed by atoms with E-state index in [1.54, 1.807) is 11.3 Å². The molecule has 0 aliphatic heterocycles. The normalized spacial score (nSPS) is 11.2. The molecule has 94 valence electrons. The zero-order valence-corrected chi connectivity index (χ0v) is 11.0. The van der Waals surface area contributed by atoms with Crippen molar-refractivity contribution in [2.24, 2.45) is 0 Å². The van der Waals surface area contributed by atoms with E-state index in [0.29, 0.717) is 0 Å². The predicted molar refractivity (Wildman–Crippen MR) is 49.5 cm³/mol. The van der Waals surface area contributed by atoms with E-state index in [2.05, 4.69) is 30.2 Å². The summed E-state index contributed by atoms with van der Waals surface area (Å²) < 4.78 is 36.2. The van der Waals surface area contributed by atoms with Crippen molar-refractivity contribution in [1.29, 1.82) is 0 Å². The van der Waals surface area contributed by atoms with Gasteiger partial charge in [-0.2, -0.15) is 4.40 Å². The third kappa shape index (κ3) is 4.15. The number of nitrogens with zero attached hydrogens (tertiary/aromatic N) is 2. The Morgan fingerprint density at radius 1 is 1.18 bits per heavy atom. The lowest BCUT2D eigenvalue weighted by atomic mass is 10.4. The molecule has 2 rings (SSSR count). The van der Waals surface area contributed by atoms with E-state index in [1.165, 1.54) is 16.3 Å². The highest BCUT2D eigenvalue weighted by molar-refractivity contribution is 7.16. The maximum atomic E-state index is 8.49. The van der Waals surface area contributed by atoms with E-state index >= 15 is 0 Å². The highest BCUT2D eigenvalue weighted by Gasteiger charge is 2.14. The largest absolute Gasteiger partial charge is 0.387 e. The van der Waals surface area contributed by atoms with Crippen LogP contribution < -0.4 is 23.0 Å². The van der Waals surface area contributed by atoms with Gasteiger partial charge in [0.1, 0.15) is 17.6 Å². The van der Waals surface area contributed by atoms with Gasteiger partial charge in [0, 0.05) is 6.07 Å². The van der Waals surface area contributed by atoms with Gasteiger partial charge in [0.05, 0.1) is 4.88 Å². The molecule has 0 bridgehead atoms. The SMILES string of the molecule is Cc1sc2nccc(C)[n+]2c1C.[O-][Cl+3]([O-])([O-])[O-]. The van der Waals surface area contributed by atoms with E-state index in [-0.39, 0.29) is 0 Å². The van der Waals surface area contributed by atoms with Crippen LogP contribution in [0.5, 0.6) is 0 Å². The number of aromatic nitrogens is 2. The minimum absolute atomic E-state index is 1.09. The molecule has 0 aliphatic rings. The number of fused-ring (bicyclic) bond motifs is 1. The van der Waals surface area contributed by atoms with Crippen LogP contribution in [-0.2, 0) is 0 Å². The lowest BCUT2D eigenvalue weighted by Crippen LogP contribution is -2.68. The Hall–Kier alpha value is -0.830. The Morgan fingerprint density at radius 2 is 1.71 bits per heavy atom. The van der Waals surface area contributed by atoms with Crippen LogP contribution in [0.4, 0.5) is 0 Å². The van der Waals surface area contributed by atoms with Crippen LogP contribution >= 0.6 is 11.3 Å². The topological polar surface area (TPSA) is 109 Å². The first-order chi connectivity index (χ1) is 7.70. The molecule has 0 amide bonds. The van der Waals surface area contributed by atoms with Crippen LogP contribution in [0.3, 0.4) is 0 Å². The molecule has 0 spiro atoms. The number of hydrogen-bond acceptors (Lipinski definition) is 6. The van der Waals surface area contributed by atoms with Crippen molar-refractivity contribution in [2.75, 3.05) is 0 Å². The summed E-state index contributed by atoms with van der Waals surface area (Å²) in [5, 5.41) is 0. The quantitative estimate of drug-likeness (QED) is 0.479. The molecule has 0 N–H and O–H groups in total. The van der Waals surface area contributed by atoms with Crippen LogP contribution in [0.1, 0.15) is 16.3 Å². The van der Waals surface area contributed by atoms with Crippen LogP contribution in [0.25, 0.3) is 4.96 Å². The average molecular weight is 279 g/mol. The third-order valence-corrected chi connectivity index (χ3v) is 3.21.